The standard InChI is InChI=1S/C20H19N3O3S/c1-12-5-6-13(2)23(12)22-11-21-19-18(20(22)24)15(10-27-19)14-7-8-16(25-3)17(9-14)26-4/h5-11H,1-4H3. The Hall–Kier alpha value is -3.06. The van der Waals surface area contributed by atoms with Crippen LogP contribution >= 0.6 is 11.3 Å². The molecule has 6 nitrogen and oxygen atoms in total. The van der Waals surface area contributed by atoms with Gasteiger partial charge in [-0.05, 0) is 43.7 Å². The predicted octanol–water partition coefficient (Wildman–Crippen LogP) is 3.87. The minimum Gasteiger partial charge on any atom is -0.493 e. The first kappa shape index (κ1) is 17.4. The van der Waals surface area contributed by atoms with E-state index in [0.29, 0.717) is 21.7 Å². The lowest BCUT2D eigenvalue weighted by Crippen LogP contribution is -2.27. The number of hydrogen-bond donors (Lipinski definition) is 0. The Labute approximate surface area is 160 Å². The third-order valence-corrected chi connectivity index (χ3v) is 5.51. The third-order valence-electron chi connectivity index (χ3n) is 4.62. The molecule has 3 heterocycles. The van der Waals surface area contributed by atoms with Gasteiger partial charge in [-0.3, -0.25) is 9.47 Å². The first-order valence-corrected chi connectivity index (χ1v) is 9.30. The lowest BCUT2D eigenvalue weighted by Gasteiger charge is -2.12. The molecule has 0 radical (unpaired) electrons. The highest BCUT2D eigenvalue weighted by molar-refractivity contribution is 7.17. The maximum Gasteiger partial charge on any atom is 0.282 e. The highest BCUT2D eigenvalue weighted by Crippen LogP contribution is 2.36. The van der Waals surface area contributed by atoms with Crippen LogP contribution < -0.4 is 15.0 Å². The number of benzene rings is 1. The van der Waals surface area contributed by atoms with Gasteiger partial charge in [0.25, 0.3) is 5.56 Å². The van der Waals surface area contributed by atoms with E-state index in [0.717, 1.165) is 22.5 Å². The van der Waals surface area contributed by atoms with Gasteiger partial charge in [-0.15, -0.1) is 11.3 Å². The van der Waals surface area contributed by atoms with E-state index in [-0.39, 0.29) is 5.56 Å². The summed E-state index contributed by atoms with van der Waals surface area (Å²) in [6.07, 6.45) is 1.58. The van der Waals surface area contributed by atoms with E-state index in [1.54, 1.807) is 25.2 Å². The number of rotatable bonds is 4. The van der Waals surface area contributed by atoms with Crippen LogP contribution in [0.1, 0.15) is 11.4 Å². The quantitative estimate of drug-likeness (QED) is 0.538. The molecule has 3 aromatic heterocycles. The van der Waals surface area contributed by atoms with Gasteiger partial charge in [0, 0.05) is 22.3 Å². The number of hydrogen-bond acceptors (Lipinski definition) is 5. The van der Waals surface area contributed by atoms with Crippen molar-refractivity contribution >= 4 is 21.6 Å². The summed E-state index contributed by atoms with van der Waals surface area (Å²) in [6.45, 7) is 3.93. The fraction of sp³-hybridized carbons (Fsp3) is 0.200. The lowest BCUT2D eigenvalue weighted by molar-refractivity contribution is 0.355. The van der Waals surface area contributed by atoms with Crippen LogP contribution in [0.25, 0.3) is 21.3 Å². The third kappa shape index (κ3) is 2.71. The van der Waals surface area contributed by atoms with Crippen LogP contribution in [0.2, 0.25) is 0 Å². The molecule has 7 heteroatoms. The molecule has 0 bridgehead atoms. The molecular formula is C20H19N3O3S. The fourth-order valence-corrected chi connectivity index (χ4v) is 4.19. The molecule has 0 unspecified atom stereocenters. The van der Waals surface area contributed by atoms with Crippen LogP contribution in [0, 0.1) is 13.8 Å². The molecule has 0 amide bonds. The van der Waals surface area contributed by atoms with Crippen molar-refractivity contribution < 1.29 is 9.47 Å². The van der Waals surface area contributed by atoms with Gasteiger partial charge in [-0.1, -0.05) is 6.07 Å². The summed E-state index contributed by atoms with van der Waals surface area (Å²) in [5.74, 6) is 1.27. The Morgan fingerprint density at radius 3 is 2.37 bits per heavy atom. The van der Waals surface area contributed by atoms with E-state index in [9.17, 15) is 4.79 Å². The molecular weight excluding hydrogens is 362 g/mol. The monoisotopic (exact) mass is 381 g/mol. The molecule has 0 fully saturated rings. The number of nitrogens with zero attached hydrogens (tertiary/aromatic N) is 3. The average molecular weight is 381 g/mol. The molecule has 0 saturated heterocycles. The fourth-order valence-electron chi connectivity index (χ4n) is 3.28. The maximum absolute atomic E-state index is 13.3. The Balaban J connectivity index is 1.96. The second-order valence-electron chi connectivity index (χ2n) is 6.22. The van der Waals surface area contributed by atoms with Crippen molar-refractivity contribution in [2.45, 2.75) is 13.8 Å². The van der Waals surface area contributed by atoms with Crippen molar-refractivity contribution in [2.24, 2.45) is 0 Å². The van der Waals surface area contributed by atoms with E-state index < -0.39 is 0 Å². The summed E-state index contributed by atoms with van der Waals surface area (Å²) < 4.78 is 14.1. The van der Waals surface area contributed by atoms with Gasteiger partial charge in [0.15, 0.2) is 11.5 Å². The van der Waals surface area contributed by atoms with Crippen molar-refractivity contribution in [2.75, 3.05) is 14.2 Å². The molecule has 0 saturated carbocycles. The Morgan fingerprint density at radius 2 is 1.70 bits per heavy atom. The van der Waals surface area contributed by atoms with Crippen LogP contribution in [-0.4, -0.2) is 28.6 Å². The smallest absolute Gasteiger partial charge is 0.282 e. The van der Waals surface area contributed by atoms with E-state index in [4.69, 9.17) is 9.47 Å². The molecule has 0 aliphatic rings. The zero-order valence-corrected chi connectivity index (χ0v) is 16.3. The number of methoxy groups -OCH3 is 2. The molecule has 4 aromatic rings. The summed E-state index contributed by atoms with van der Waals surface area (Å²) in [6, 6.07) is 9.60. The second-order valence-corrected chi connectivity index (χ2v) is 7.08. The molecule has 0 atom stereocenters. The SMILES string of the molecule is COc1ccc(-c2csc3ncn(-n4c(C)ccc4C)c(=O)c23)cc1OC. The summed E-state index contributed by atoms with van der Waals surface area (Å²) in [4.78, 5) is 18.5. The van der Waals surface area contributed by atoms with Crippen molar-refractivity contribution in [1.29, 1.82) is 0 Å². The van der Waals surface area contributed by atoms with Crippen LogP contribution in [0.5, 0.6) is 11.5 Å². The molecule has 138 valence electrons. The number of thiophene rings is 1. The topological polar surface area (TPSA) is 58.3 Å². The summed E-state index contributed by atoms with van der Waals surface area (Å²) in [5.41, 5.74) is 3.56. The minimum atomic E-state index is -0.103. The lowest BCUT2D eigenvalue weighted by atomic mass is 10.1. The summed E-state index contributed by atoms with van der Waals surface area (Å²) in [7, 11) is 3.20. The minimum absolute atomic E-state index is 0.103. The van der Waals surface area contributed by atoms with Gasteiger partial charge in [-0.2, -0.15) is 0 Å². The molecule has 0 N–H and O–H groups in total. The molecule has 27 heavy (non-hydrogen) atoms. The largest absolute Gasteiger partial charge is 0.493 e. The number of fused-ring (bicyclic) bond motifs is 1. The van der Waals surface area contributed by atoms with E-state index in [1.165, 1.54) is 11.3 Å². The van der Waals surface area contributed by atoms with Gasteiger partial charge in [0.05, 0.1) is 19.6 Å². The van der Waals surface area contributed by atoms with Crippen molar-refractivity contribution in [3.63, 3.8) is 0 Å². The normalized spacial score (nSPS) is 11.1. The zero-order valence-electron chi connectivity index (χ0n) is 15.5. The number of aromatic nitrogens is 3. The Bertz CT molecular complexity index is 1180. The van der Waals surface area contributed by atoms with Crippen LogP contribution in [0.15, 0.2) is 46.8 Å². The van der Waals surface area contributed by atoms with Crippen molar-refractivity contribution in [1.82, 2.24) is 14.3 Å². The number of ether oxygens (including phenoxy) is 2. The summed E-state index contributed by atoms with van der Waals surface area (Å²) >= 11 is 1.45. The molecule has 1 aromatic carbocycles. The first-order chi connectivity index (χ1) is 13.0. The highest BCUT2D eigenvalue weighted by atomic mass is 32.1. The van der Waals surface area contributed by atoms with Gasteiger partial charge in [-0.25, -0.2) is 9.66 Å². The van der Waals surface area contributed by atoms with Gasteiger partial charge in [0.1, 0.15) is 11.2 Å². The molecule has 4 rings (SSSR count). The highest BCUT2D eigenvalue weighted by Gasteiger charge is 2.16. The second kappa shape index (κ2) is 6.59. The molecule has 0 spiro atoms. The van der Waals surface area contributed by atoms with E-state index in [2.05, 4.69) is 4.98 Å². The van der Waals surface area contributed by atoms with Gasteiger partial charge < -0.3 is 9.47 Å². The zero-order chi connectivity index (χ0) is 19.1. The Morgan fingerprint density at radius 1 is 1.00 bits per heavy atom. The van der Waals surface area contributed by atoms with Crippen LogP contribution in [0.3, 0.4) is 0 Å². The first-order valence-electron chi connectivity index (χ1n) is 8.42. The van der Waals surface area contributed by atoms with E-state index in [1.807, 2.05) is 54.2 Å². The molecule has 0 aliphatic heterocycles. The molecule has 0 aliphatic carbocycles. The van der Waals surface area contributed by atoms with Crippen molar-refractivity contribution in [3.05, 3.63) is 63.8 Å². The van der Waals surface area contributed by atoms with Crippen LogP contribution in [-0.2, 0) is 0 Å². The maximum atomic E-state index is 13.3. The summed E-state index contributed by atoms with van der Waals surface area (Å²) in [5, 5.41) is 2.56. The predicted molar refractivity (Wildman–Crippen MR) is 107 cm³/mol. The van der Waals surface area contributed by atoms with E-state index >= 15 is 0 Å². The van der Waals surface area contributed by atoms with Crippen LogP contribution in [0.4, 0.5) is 0 Å². The van der Waals surface area contributed by atoms with Gasteiger partial charge >= 0.3 is 0 Å². The average Bonchev–Trinajstić information content (AvgIpc) is 3.26. The number of aryl methyl sites for hydroxylation is 2. The van der Waals surface area contributed by atoms with Crippen molar-refractivity contribution in [3.8, 4) is 22.6 Å². The Kier molecular flexibility index (Phi) is 4.24. The van der Waals surface area contributed by atoms with Gasteiger partial charge in [0.2, 0.25) is 0 Å².